The number of amides is 1. The Hall–Kier alpha value is -2.64. The summed E-state index contributed by atoms with van der Waals surface area (Å²) in [5.41, 5.74) is 2.75. The van der Waals surface area contributed by atoms with E-state index in [2.05, 4.69) is 0 Å². The van der Waals surface area contributed by atoms with Crippen molar-refractivity contribution in [1.29, 1.82) is 0 Å². The summed E-state index contributed by atoms with van der Waals surface area (Å²) < 4.78 is 17.6. The van der Waals surface area contributed by atoms with Crippen molar-refractivity contribution in [2.75, 3.05) is 32.3 Å². The minimum Gasteiger partial charge on any atom is -0.496 e. The van der Waals surface area contributed by atoms with Crippen molar-refractivity contribution >= 4 is 32.6 Å². The fourth-order valence-electron chi connectivity index (χ4n) is 3.79. The standard InChI is InChI=1S/C23H26N2O4S/c1-15-12-16(9-10-18(15)27-2)13-21(26)25(14-17-6-5-11-29-17)23-24-22-19(28-3)7-4-8-20(22)30-23/h4,7-10,12,17H,5-6,11,13-14H2,1-3H3. The Balaban J connectivity index is 1.64. The number of fused-ring (bicyclic) bond motifs is 1. The van der Waals surface area contributed by atoms with Crippen LogP contribution in [0.1, 0.15) is 24.0 Å². The Morgan fingerprint density at radius 1 is 1.23 bits per heavy atom. The van der Waals surface area contributed by atoms with E-state index in [-0.39, 0.29) is 12.0 Å². The van der Waals surface area contributed by atoms with Crippen molar-refractivity contribution in [2.24, 2.45) is 0 Å². The van der Waals surface area contributed by atoms with Gasteiger partial charge in [-0.3, -0.25) is 9.69 Å². The van der Waals surface area contributed by atoms with E-state index in [4.69, 9.17) is 19.2 Å². The second-order valence-corrected chi connectivity index (χ2v) is 8.43. The molecule has 1 unspecified atom stereocenters. The summed E-state index contributed by atoms with van der Waals surface area (Å²) in [6.07, 6.45) is 2.32. The van der Waals surface area contributed by atoms with E-state index < -0.39 is 0 Å². The number of thiazole rings is 1. The van der Waals surface area contributed by atoms with Crippen LogP contribution < -0.4 is 14.4 Å². The number of hydrogen-bond acceptors (Lipinski definition) is 6. The molecule has 2 aromatic carbocycles. The summed E-state index contributed by atoms with van der Waals surface area (Å²) in [7, 11) is 3.28. The third-order valence-electron chi connectivity index (χ3n) is 5.35. The number of methoxy groups -OCH3 is 2. The van der Waals surface area contributed by atoms with Crippen LogP contribution in [-0.4, -0.2) is 44.4 Å². The molecule has 1 fully saturated rings. The van der Waals surface area contributed by atoms with Gasteiger partial charge in [0.25, 0.3) is 0 Å². The highest BCUT2D eigenvalue weighted by molar-refractivity contribution is 7.22. The van der Waals surface area contributed by atoms with Gasteiger partial charge in [-0.2, -0.15) is 0 Å². The van der Waals surface area contributed by atoms with Crippen LogP contribution in [0.15, 0.2) is 36.4 Å². The molecule has 0 bridgehead atoms. The molecule has 3 aromatic rings. The van der Waals surface area contributed by atoms with Crippen LogP contribution in [0.4, 0.5) is 5.13 Å². The van der Waals surface area contributed by atoms with Crippen molar-refractivity contribution < 1.29 is 19.0 Å². The highest BCUT2D eigenvalue weighted by Crippen LogP contribution is 2.35. The number of anilines is 1. The second kappa shape index (κ2) is 9.02. The zero-order valence-corrected chi connectivity index (χ0v) is 18.3. The Kier molecular flexibility index (Phi) is 6.20. The Morgan fingerprint density at radius 3 is 2.77 bits per heavy atom. The average Bonchev–Trinajstić information content (AvgIpc) is 3.41. The third-order valence-corrected chi connectivity index (χ3v) is 6.39. The van der Waals surface area contributed by atoms with E-state index in [1.165, 1.54) is 11.3 Å². The summed E-state index contributed by atoms with van der Waals surface area (Å²) in [5.74, 6) is 1.54. The van der Waals surface area contributed by atoms with E-state index in [0.717, 1.165) is 46.5 Å². The zero-order chi connectivity index (χ0) is 21.1. The number of nitrogens with zero attached hydrogens (tertiary/aromatic N) is 2. The number of aromatic nitrogens is 1. The topological polar surface area (TPSA) is 60.9 Å². The normalized spacial score (nSPS) is 16.0. The van der Waals surface area contributed by atoms with E-state index in [1.807, 2.05) is 43.3 Å². The molecular formula is C23H26N2O4S. The average molecular weight is 427 g/mol. The lowest BCUT2D eigenvalue weighted by Gasteiger charge is -2.23. The molecule has 158 valence electrons. The van der Waals surface area contributed by atoms with Crippen LogP contribution in [0.2, 0.25) is 0 Å². The maximum absolute atomic E-state index is 13.4. The number of carbonyl (C=O) groups excluding carboxylic acids is 1. The molecule has 30 heavy (non-hydrogen) atoms. The number of ether oxygens (including phenoxy) is 3. The molecule has 2 heterocycles. The molecule has 4 rings (SSSR count). The first-order valence-electron chi connectivity index (χ1n) is 10.1. The number of benzene rings is 2. The lowest BCUT2D eigenvalue weighted by molar-refractivity contribution is -0.118. The predicted octanol–water partition coefficient (Wildman–Crippen LogP) is 4.38. The van der Waals surface area contributed by atoms with Gasteiger partial charge in [-0.15, -0.1) is 0 Å². The summed E-state index contributed by atoms with van der Waals surface area (Å²) in [6, 6.07) is 11.7. The van der Waals surface area contributed by atoms with Crippen molar-refractivity contribution in [2.45, 2.75) is 32.3 Å². The van der Waals surface area contributed by atoms with Gasteiger partial charge in [0, 0.05) is 6.61 Å². The quantitative estimate of drug-likeness (QED) is 0.561. The molecule has 6 nitrogen and oxygen atoms in total. The van der Waals surface area contributed by atoms with Crippen LogP contribution in [0.5, 0.6) is 11.5 Å². The summed E-state index contributed by atoms with van der Waals surface area (Å²) in [6.45, 7) is 3.24. The van der Waals surface area contributed by atoms with Gasteiger partial charge in [-0.25, -0.2) is 4.98 Å². The minimum absolute atomic E-state index is 0.00749. The lowest BCUT2D eigenvalue weighted by atomic mass is 10.1. The van der Waals surface area contributed by atoms with Gasteiger partial charge >= 0.3 is 0 Å². The number of aryl methyl sites for hydroxylation is 1. The van der Waals surface area contributed by atoms with Crippen LogP contribution in [0, 0.1) is 6.92 Å². The van der Waals surface area contributed by atoms with Gasteiger partial charge in [-0.05, 0) is 49.1 Å². The molecule has 0 aliphatic carbocycles. The van der Waals surface area contributed by atoms with E-state index in [9.17, 15) is 4.79 Å². The van der Waals surface area contributed by atoms with Crippen LogP contribution in [0.3, 0.4) is 0 Å². The first-order valence-corrected chi connectivity index (χ1v) is 10.9. The molecule has 0 spiro atoms. The van der Waals surface area contributed by atoms with E-state index >= 15 is 0 Å². The number of rotatable bonds is 7. The van der Waals surface area contributed by atoms with Crippen LogP contribution in [-0.2, 0) is 16.0 Å². The fourth-order valence-corrected chi connectivity index (χ4v) is 4.80. The first kappa shape index (κ1) is 20.6. The summed E-state index contributed by atoms with van der Waals surface area (Å²) in [5, 5.41) is 0.681. The molecule has 1 aliphatic rings. The van der Waals surface area contributed by atoms with Gasteiger partial charge in [0.05, 0.1) is 38.0 Å². The molecule has 7 heteroatoms. The van der Waals surface area contributed by atoms with Crippen LogP contribution >= 0.6 is 11.3 Å². The molecule has 0 N–H and O–H groups in total. The number of carbonyl (C=O) groups is 1. The Labute approximate surface area is 180 Å². The maximum Gasteiger partial charge on any atom is 0.233 e. The molecule has 0 saturated carbocycles. The van der Waals surface area contributed by atoms with Gasteiger partial charge in [0.15, 0.2) is 5.13 Å². The molecule has 1 saturated heterocycles. The molecular weight excluding hydrogens is 400 g/mol. The lowest BCUT2D eigenvalue weighted by Crippen LogP contribution is -2.38. The SMILES string of the molecule is COc1ccc(CC(=O)N(CC2CCCO2)c2nc3c(OC)cccc3s2)cc1C. The second-order valence-electron chi connectivity index (χ2n) is 7.42. The molecule has 1 aromatic heterocycles. The van der Waals surface area contributed by atoms with Crippen LogP contribution in [0.25, 0.3) is 10.2 Å². The maximum atomic E-state index is 13.4. The summed E-state index contributed by atoms with van der Waals surface area (Å²) >= 11 is 1.50. The zero-order valence-electron chi connectivity index (χ0n) is 17.5. The highest BCUT2D eigenvalue weighted by atomic mass is 32.1. The monoisotopic (exact) mass is 426 g/mol. The number of para-hydroxylation sites is 1. The predicted molar refractivity (Wildman–Crippen MR) is 119 cm³/mol. The highest BCUT2D eigenvalue weighted by Gasteiger charge is 2.26. The van der Waals surface area contributed by atoms with Crippen molar-refractivity contribution in [1.82, 2.24) is 4.98 Å². The third kappa shape index (κ3) is 4.27. The van der Waals surface area contributed by atoms with Gasteiger partial charge in [0.1, 0.15) is 17.0 Å². The smallest absolute Gasteiger partial charge is 0.233 e. The number of hydrogen-bond donors (Lipinski definition) is 0. The van der Waals surface area contributed by atoms with Crippen molar-refractivity contribution in [3.63, 3.8) is 0 Å². The van der Waals surface area contributed by atoms with Crippen molar-refractivity contribution in [3.05, 3.63) is 47.5 Å². The van der Waals surface area contributed by atoms with Gasteiger partial charge < -0.3 is 14.2 Å². The van der Waals surface area contributed by atoms with E-state index in [1.54, 1.807) is 19.1 Å². The fraction of sp³-hybridized carbons (Fsp3) is 0.391. The largest absolute Gasteiger partial charge is 0.496 e. The molecule has 1 amide bonds. The van der Waals surface area contributed by atoms with Gasteiger partial charge in [-0.1, -0.05) is 29.5 Å². The molecule has 0 radical (unpaired) electrons. The van der Waals surface area contributed by atoms with Gasteiger partial charge in [0.2, 0.25) is 5.91 Å². The summed E-state index contributed by atoms with van der Waals surface area (Å²) in [4.78, 5) is 19.9. The molecule has 1 atom stereocenters. The van der Waals surface area contributed by atoms with Crippen molar-refractivity contribution in [3.8, 4) is 11.5 Å². The Bertz CT molecular complexity index is 1040. The first-order chi connectivity index (χ1) is 14.6. The van der Waals surface area contributed by atoms with E-state index in [0.29, 0.717) is 23.8 Å². The molecule has 1 aliphatic heterocycles. The Morgan fingerprint density at radius 2 is 2.07 bits per heavy atom. The minimum atomic E-state index is 0.00749.